The van der Waals surface area contributed by atoms with Crippen LogP contribution in [0.5, 0.6) is 34.5 Å². The molecular formula is C31H30O11. The molecule has 220 valence electrons. The lowest BCUT2D eigenvalue weighted by Crippen LogP contribution is -2.14. The van der Waals surface area contributed by atoms with Gasteiger partial charge in [0.25, 0.3) is 0 Å². The number of ketones is 1. The number of ether oxygens (including phenoxy) is 6. The van der Waals surface area contributed by atoms with Crippen LogP contribution in [0.15, 0.2) is 60.2 Å². The number of aliphatic carboxylic acids is 2. The van der Waals surface area contributed by atoms with Crippen molar-refractivity contribution >= 4 is 23.3 Å². The summed E-state index contributed by atoms with van der Waals surface area (Å²) in [7, 11) is 4.37. The summed E-state index contributed by atoms with van der Waals surface area (Å²) in [5, 5.41) is 19.4. The van der Waals surface area contributed by atoms with Crippen molar-refractivity contribution in [2.24, 2.45) is 0 Å². The molecule has 11 nitrogen and oxygen atoms in total. The number of hydrogen-bond acceptors (Lipinski definition) is 9. The van der Waals surface area contributed by atoms with E-state index in [0.29, 0.717) is 28.6 Å². The zero-order valence-corrected chi connectivity index (χ0v) is 23.3. The summed E-state index contributed by atoms with van der Waals surface area (Å²) >= 11 is 0. The van der Waals surface area contributed by atoms with Gasteiger partial charge in [0.15, 0.2) is 28.8 Å². The molecule has 1 heterocycles. The van der Waals surface area contributed by atoms with Crippen molar-refractivity contribution in [2.45, 2.75) is 19.3 Å². The van der Waals surface area contributed by atoms with Crippen molar-refractivity contribution in [3.05, 3.63) is 76.9 Å². The van der Waals surface area contributed by atoms with E-state index in [0.717, 1.165) is 0 Å². The molecule has 0 saturated heterocycles. The van der Waals surface area contributed by atoms with Crippen LogP contribution in [0.4, 0.5) is 0 Å². The highest BCUT2D eigenvalue weighted by Crippen LogP contribution is 2.41. The summed E-state index contributed by atoms with van der Waals surface area (Å²) in [6.07, 6.45) is 0.0477. The Kier molecular flexibility index (Phi) is 9.53. The van der Waals surface area contributed by atoms with Gasteiger partial charge in [0, 0.05) is 24.0 Å². The fourth-order valence-electron chi connectivity index (χ4n) is 4.48. The van der Waals surface area contributed by atoms with Crippen LogP contribution >= 0.6 is 0 Å². The van der Waals surface area contributed by atoms with Gasteiger partial charge in [0.2, 0.25) is 12.5 Å². The summed E-state index contributed by atoms with van der Waals surface area (Å²) in [4.78, 5) is 37.7. The first kappa shape index (κ1) is 29.8. The van der Waals surface area contributed by atoms with Crippen molar-refractivity contribution < 1.29 is 53.0 Å². The van der Waals surface area contributed by atoms with E-state index in [1.807, 2.05) is 0 Å². The number of allylic oxidation sites excluding steroid dienone is 1. The topological polar surface area (TPSA) is 147 Å². The van der Waals surface area contributed by atoms with Gasteiger partial charge < -0.3 is 38.6 Å². The molecule has 4 rings (SSSR count). The second kappa shape index (κ2) is 13.4. The molecule has 0 radical (unpaired) electrons. The highest BCUT2D eigenvalue weighted by atomic mass is 16.7. The fourth-order valence-corrected chi connectivity index (χ4v) is 4.48. The van der Waals surface area contributed by atoms with Gasteiger partial charge in [-0.3, -0.25) is 9.59 Å². The maximum absolute atomic E-state index is 14.0. The van der Waals surface area contributed by atoms with Crippen molar-refractivity contribution in [1.82, 2.24) is 0 Å². The van der Waals surface area contributed by atoms with E-state index in [1.165, 1.54) is 27.4 Å². The van der Waals surface area contributed by atoms with E-state index in [9.17, 15) is 19.5 Å². The highest BCUT2D eigenvalue weighted by Gasteiger charge is 2.27. The quantitative estimate of drug-likeness (QED) is 0.157. The zero-order valence-electron chi connectivity index (χ0n) is 23.3. The molecule has 0 amide bonds. The standard InChI is InChI=1S/C31H30O11/c1-37-21-9-6-19(7-10-21)29(34)22(28(31(35)36)20-8-11-23-24(16-20)42-17-41-23)13-18-14-25(38-2)30(39-3)26(15-18)40-12-4-5-27(32)33/h6-11,14-16H,4-5,12-13,17H2,1-3H3,(H,32,33)(H,35,36)/b28-22+. The third-order valence-electron chi connectivity index (χ3n) is 6.48. The van der Waals surface area contributed by atoms with Crippen molar-refractivity contribution in [1.29, 1.82) is 0 Å². The lowest BCUT2D eigenvalue weighted by Gasteiger charge is -2.18. The molecule has 11 heteroatoms. The van der Waals surface area contributed by atoms with Gasteiger partial charge in [-0.2, -0.15) is 0 Å². The number of rotatable bonds is 14. The van der Waals surface area contributed by atoms with Crippen molar-refractivity contribution in [3.63, 3.8) is 0 Å². The molecule has 1 aliphatic heterocycles. The molecule has 0 aromatic heterocycles. The molecule has 0 unspecified atom stereocenters. The lowest BCUT2D eigenvalue weighted by atomic mass is 9.89. The predicted octanol–water partition coefficient (Wildman–Crippen LogP) is 4.65. The number of fused-ring (bicyclic) bond motifs is 1. The molecule has 0 atom stereocenters. The number of carbonyl (C=O) groups is 3. The molecule has 0 fully saturated rings. The molecule has 3 aromatic rings. The molecule has 42 heavy (non-hydrogen) atoms. The van der Waals surface area contributed by atoms with Gasteiger partial charge in [0.1, 0.15) is 5.75 Å². The van der Waals surface area contributed by atoms with Gasteiger partial charge in [0.05, 0.1) is 33.5 Å². The number of carboxylic acid groups (broad SMARTS) is 2. The maximum atomic E-state index is 14.0. The van der Waals surface area contributed by atoms with Gasteiger partial charge in [-0.25, -0.2) is 4.79 Å². The van der Waals surface area contributed by atoms with Crippen LogP contribution in [-0.4, -0.2) is 62.7 Å². The third kappa shape index (κ3) is 6.74. The van der Waals surface area contributed by atoms with Crippen LogP contribution in [-0.2, 0) is 16.0 Å². The molecule has 0 saturated carbocycles. The second-order valence-electron chi connectivity index (χ2n) is 9.14. The normalized spacial score (nSPS) is 12.3. The molecule has 2 N–H and O–H groups in total. The summed E-state index contributed by atoms with van der Waals surface area (Å²) in [6.45, 7) is 0.0870. The van der Waals surface area contributed by atoms with E-state index < -0.39 is 17.7 Å². The molecule has 0 aliphatic carbocycles. The summed E-state index contributed by atoms with van der Waals surface area (Å²) < 4.78 is 32.8. The Morgan fingerprint density at radius 3 is 2.14 bits per heavy atom. The SMILES string of the molecule is COc1ccc(C(=O)/C(Cc2cc(OC)c(OC)c(OCCCC(=O)O)c2)=C(/C(=O)O)c2ccc3c(c2)OCO3)cc1. The minimum Gasteiger partial charge on any atom is -0.497 e. The van der Waals surface area contributed by atoms with Crippen LogP contribution < -0.4 is 28.4 Å². The number of methoxy groups -OCH3 is 3. The van der Waals surface area contributed by atoms with Crippen LogP contribution in [0.3, 0.4) is 0 Å². The van der Waals surface area contributed by atoms with E-state index >= 15 is 0 Å². The Bertz CT molecular complexity index is 1510. The monoisotopic (exact) mass is 578 g/mol. The Labute approximate surface area is 241 Å². The van der Waals surface area contributed by atoms with E-state index in [2.05, 4.69) is 0 Å². The number of benzene rings is 3. The summed E-state index contributed by atoms with van der Waals surface area (Å²) in [5.74, 6) is -0.570. The van der Waals surface area contributed by atoms with E-state index in [4.69, 9.17) is 33.5 Å². The zero-order chi connectivity index (χ0) is 30.2. The maximum Gasteiger partial charge on any atom is 0.336 e. The van der Waals surface area contributed by atoms with Gasteiger partial charge in [-0.05, 0) is 66.1 Å². The highest BCUT2D eigenvalue weighted by molar-refractivity contribution is 6.26. The van der Waals surface area contributed by atoms with Gasteiger partial charge in [-0.15, -0.1) is 0 Å². The van der Waals surface area contributed by atoms with Gasteiger partial charge in [-0.1, -0.05) is 6.07 Å². The fraction of sp³-hybridized carbons (Fsp3) is 0.258. The average molecular weight is 579 g/mol. The van der Waals surface area contributed by atoms with Crippen LogP contribution in [0.25, 0.3) is 5.57 Å². The lowest BCUT2D eigenvalue weighted by molar-refractivity contribution is -0.137. The molecule has 1 aliphatic rings. The Hall–Kier alpha value is -5.19. The van der Waals surface area contributed by atoms with Crippen molar-refractivity contribution in [2.75, 3.05) is 34.7 Å². The first-order chi connectivity index (χ1) is 20.2. The molecule has 3 aromatic carbocycles. The molecule has 0 bridgehead atoms. The molecular weight excluding hydrogens is 548 g/mol. The minimum absolute atomic E-state index is 0.00340. The van der Waals surface area contributed by atoms with Crippen LogP contribution in [0, 0.1) is 0 Å². The number of hydrogen-bond donors (Lipinski definition) is 2. The Morgan fingerprint density at radius 1 is 0.810 bits per heavy atom. The Morgan fingerprint density at radius 2 is 1.50 bits per heavy atom. The number of carboxylic acids is 2. The van der Waals surface area contributed by atoms with Gasteiger partial charge >= 0.3 is 11.9 Å². The van der Waals surface area contributed by atoms with Crippen LogP contribution in [0.1, 0.15) is 34.3 Å². The second-order valence-corrected chi connectivity index (χ2v) is 9.14. The third-order valence-corrected chi connectivity index (χ3v) is 6.48. The summed E-state index contributed by atoms with van der Waals surface area (Å²) in [5.41, 5.74) is 0.797. The minimum atomic E-state index is -1.31. The van der Waals surface area contributed by atoms with Crippen LogP contribution in [0.2, 0.25) is 0 Å². The smallest absolute Gasteiger partial charge is 0.336 e. The first-order valence-corrected chi connectivity index (χ1v) is 12.9. The largest absolute Gasteiger partial charge is 0.497 e. The predicted molar refractivity (Wildman–Crippen MR) is 150 cm³/mol. The number of carbonyl (C=O) groups excluding carboxylic acids is 1. The molecule has 0 spiro atoms. The van der Waals surface area contributed by atoms with Crippen molar-refractivity contribution in [3.8, 4) is 34.5 Å². The van der Waals surface area contributed by atoms with E-state index in [-0.39, 0.29) is 66.4 Å². The number of Topliss-reactive ketones (excluding diaryl/α,β-unsaturated/α-hetero) is 1. The Balaban J connectivity index is 1.83. The summed E-state index contributed by atoms with van der Waals surface area (Å²) in [6, 6.07) is 14.3. The first-order valence-electron chi connectivity index (χ1n) is 12.9. The average Bonchev–Trinajstić information content (AvgIpc) is 3.46. The van der Waals surface area contributed by atoms with E-state index in [1.54, 1.807) is 48.5 Å².